The molecule has 1 rings (SSSR count). The first-order valence-corrected chi connectivity index (χ1v) is 6.42. The Morgan fingerprint density at radius 3 is 3.00 bits per heavy atom. The summed E-state index contributed by atoms with van der Waals surface area (Å²) in [5.41, 5.74) is 0. The van der Waals surface area contributed by atoms with Crippen LogP contribution in [0.2, 0.25) is 5.02 Å². The SMILES string of the molecule is COCC(Cl)CCNc1ncc(Cl)cc1Br. The summed E-state index contributed by atoms with van der Waals surface area (Å²) in [7, 11) is 1.64. The number of rotatable bonds is 6. The molecule has 1 atom stereocenters. The van der Waals surface area contributed by atoms with Crippen molar-refractivity contribution in [2.75, 3.05) is 25.6 Å². The molecule has 0 spiro atoms. The van der Waals surface area contributed by atoms with E-state index in [1.807, 2.05) is 0 Å². The fraction of sp³-hybridized carbons (Fsp3) is 0.500. The second-order valence-electron chi connectivity index (χ2n) is 3.25. The van der Waals surface area contributed by atoms with Crippen LogP contribution in [0.1, 0.15) is 6.42 Å². The molecular weight excluding hydrogens is 315 g/mol. The summed E-state index contributed by atoms with van der Waals surface area (Å²) >= 11 is 15.2. The van der Waals surface area contributed by atoms with Crippen LogP contribution in [0, 0.1) is 0 Å². The molecule has 0 aliphatic rings. The van der Waals surface area contributed by atoms with E-state index >= 15 is 0 Å². The maximum atomic E-state index is 5.99. The van der Waals surface area contributed by atoms with Crippen molar-refractivity contribution in [2.24, 2.45) is 0 Å². The lowest BCUT2D eigenvalue weighted by Gasteiger charge is -2.10. The predicted molar refractivity (Wildman–Crippen MR) is 71.6 cm³/mol. The highest BCUT2D eigenvalue weighted by Gasteiger charge is 2.05. The van der Waals surface area contributed by atoms with Crippen LogP contribution in [-0.4, -0.2) is 30.6 Å². The molecule has 1 unspecified atom stereocenters. The lowest BCUT2D eigenvalue weighted by Crippen LogP contribution is -2.14. The molecular formula is C10H13BrCl2N2O. The zero-order chi connectivity index (χ0) is 12.0. The summed E-state index contributed by atoms with van der Waals surface area (Å²) in [5, 5.41) is 3.79. The number of pyridine rings is 1. The maximum Gasteiger partial charge on any atom is 0.140 e. The monoisotopic (exact) mass is 326 g/mol. The molecule has 1 aromatic heterocycles. The molecule has 0 aromatic carbocycles. The summed E-state index contributed by atoms with van der Waals surface area (Å²) in [6, 6.07) is 1.80. The smallest absolute Gasteiger partial charge is 0.140 e. The topological polar surface area (TPSA) is 34.1 Å². The van der Waals surface area contributed by atoms with Gasteiger partial charge in [-0.1, -0.05) is 11.6 Å². The molecule has 0 aliphatic carbocycles. The molecule has 3 nitrogen and oxygen atoms in total. The Hall–Kier alpha value is -0.0300. The maximum absolute atomic E-state index is 5.99. The molecule has 0 saturated carbocycles. The Morgan fingerprint density at radius 1 is 1.62 bits per heavy atom. The van der Waals surface area contributed by atoms with Crippen molar-refractivity contribution >= 4 is 44.9 Å². The second-order valence-corrected chi connectivity index (χ2v) is 5.16. The van der Waals surface area contributed by atoms with E-state index in [0.717, 1.165) is 23.3 Å². The lowest BCUT2D eigenvalue weighted by molar-refractivity contribution is 0.196. The zero-order valence-electron chi connectivity index (χ0n) is 8.84. The molecule has 1 heterocycles. The molecule has 0 aliphatic heterocycles. The quantitative estimate of drug-likeness (QED) is 0.811. The number of alkyl halides is 1. The van der Waals surface area contributed by atoms with Gasteiger partial charge in [0.15, 0.2) is 0 Å². The van der Waals surface area contributed by atoms with Crippen LogP contribution in [0.4, 0.5) is 5.82 Å². The van der Waals surface area contributed by atoms with E-state index in [4.69, 9.17) is 27.9 Å². The Morgan fingerprint density at radius 2 is 2.38 bits per heavy atom. The van der Waals surface area contributed by atoms with Gasteiger partial charge in [0.25, 0.3) is 0 Å². The Kier molecular flexibility index (Phi) is 6.43. The van der Waals surface area contributed by atoms with Crippen molar-refractivity contribution in [2.45, 2.75) is 11.8 Å². The molecule has 0 bridgehead atoms. The summed E-state index contributed by atoms with van der Waals surface area (Å²) in [4.78, 5) is 4.16. The summed E-state index contributed by atoms with van der Waals surface area (Å²) in [6.07, 6.45) is 2.41. The minimum atomic E-state index is 0.0172. The standard InChI is InChI=1S/C10H13BrCl2N2O/c1-16-6-7(12)2-3-14-10-9(11)4-8(13)5-15-10/h4-5,7H,2-3,6H2,1H3,(H,14,15). The summed E-state index contributed by atoms with van der Waals surface area (Å²) in [6.45, 7) is 1.29. The van der Waals surface area contributed by atoms with Gasteiger partial charge in [0.1, 0.15) is 5.82 Å². The van der Waals surface area contributed by atoms with Gasteiger partial charge >= 0.3 is 0 Å². The zero-order valence-corrected chi connectivity index (χ0v) is 11.9. The molecule has 90 valence electrons. The van der Waals surface area contributed by atoms with E-state index in [0.29, 0.717) is 11.6 Å². The average Bonchev–Trinajstić information content (AvgIpc) is 2.22. The van der Waals surface area contributed by atoms with Gasteiger partial charge in [-0.3, -0.25) is 0 Å². The Bertz CT molecular complexity index is 339. The van der Waals surface area contributed by atoms with Gasteiger partial charge in [-0.05, 0) is 28.4 Å². The van der Waals surface area contributed by atoms with Crippen LogP contribution in [-0.2, 0) is 4.74 Å². The molecule has 6 heteroatoms. The van der Waals surface area contributed by atoms with Gasteiger partial charge in [-0.2, -0.15) is 0 Å². The van der Waals surface area contributed by atoms with E-state index in [2.05, 4.69) is 26.2 Å². The normalized spacial score (nSPS) is 12.5. The van der Waals surface area contributed by atoms with E-state index in [1.165, 1.54) is 0 Å². The molecule has 16 heavy (non-hydrogen) atoms. The summed E-state index contributed by atoms with van der Waals surface area (Å²) in [5.74, 6) is 0.769. The fourth-order valence-corrected chi connectivity index (χ4v) is 2.17. The van der Waals surface area contributed by atoms with E-state index < -0.39 is 0 Å². The van der Waals surface area contributed by atoms with E-state index in [1.54, 1.807) is 19.4 Å². The highest BCUT2D eigenvalue weighted by molar-refractivity contribution is 9.10. The number of hydrogen-bond donors (Lipinski definition) is 1. The van der Waals surface area contributed by atoms with Gasteiger partial charge in [0, 0.05) is 19.9 Å². The van der Waals surface area contributed by atoms with Crippen LogP contribution >= 0.6 is 39.1 Å². The minimum absolute atomic E-state index is 0.0172. The van der Waals surface area contributed by atoms with Crippen molar-refractivity contribution in [3.63, 3.8) is 0 Å². The third-order valence-electron chi connectivity index (χ3n) is 1.91. The first-order chi connectivity index (χ1) is 7.63. The van der Waals surface area contributed by atoms with Crippen molar-refractivity contribution < 1.29 is 4.74 Å². The molecule has 0 radical (unpaired) electrons. The van der Waals surface area contributed by atoms with Crippen LogP contribution in [0.15, 0.2) is 16.7 Å². The van der Waals surface area contributed by atoms with E-state index in [-0.39, 0.29) is 5.38 Å². The Balaban J connectivity index is 2.37. The lowest BCUT2D eigenvalue weighted by atomic mass is 10.3. The minimum Gasteiger partial charge on any atom is -0.383 e. The Labute approximate surface area is 114 Å². The van der Waals surface area contributed by atoms with Crippen LogP contribution in [0.3, 0.4) is 0 Å². The third kappa shape index (κ3) is 4.87. The predicted octanol–water partition coefficient (Wildman–Crippen LogP) is 3.55. The highest BCUT2D eigenvalue weighted by atomic mass is 79.9. The molecule has 0 saturated heterocycles. The van der Waals surface area contributed by atoms with Crippen LogP contribution in [0.5, 0.6) is 0 Å². The van der Waals surface area contributed by atoms with Gasteiger partial charge in [0.05, 0.1) is 21.5 Å². The average molecular weight is 328 g/mol. The fourth-order valence-electron chi connectivity index (χ4n) is 1.16. The molecule has 0 amide bonds. The number of ether oxygens (including phenoxy) is 1. The number of nitrogens with zero attached hydrogens (tertiary/aromatic N) is 1. The summed E-state index contributed by atoms with van der Waals surface area (Å²) < 4.78 is 5.79. The van der Waals surface area contributed by atoms with Crippen molar-refractivity contribution in [3.8, 4) is 0 Å². The van der Waals surface area contributed by atoms with Gasteiger partial charge in [-0.15, -0.1) is 11.6 Å². The number of methoxy groups -OCH3 is 1. The number of halogens is 3. The molecule has 1 N–H and O–H groups in total. The number of anilines is 1. The van der Waals surface area contributed by atoms with Gasteiger partial charge in [-0.25, -0.2) is 4.98 Å². The number of hydrogen-bond acceptors (Lipinski definition) is 3. The second kappa shape index (κ2) is 7.33. The molecule has 1 aromatic rings. The van der Waals surface area contributed by atoms with Crippen molar-refractivity contribution in [3.05, 3.63) is 21.8 Å². The first kappa shape index (κ1) is 14.0. The highest BCUT2D eigenvalue weighted by Crippen LogP contribution is 2.23. The third-order valence-corrected chi connectivity index (χ3v) is 3.06. The van der Waals surface area contributed by atoms with Crippen LogP contribution in [0.25, 0.3) is 0 Å². The van der Waals surface area contributed by atoms with Crippen LogP contribution < -0.4 is 5.32 Å². The molecule has 0 fully saturated rings. The van der Waals surface area contributed by atoms with Crippen molar-refractivity contribution in [1.29, 1.82) is 0 Å². The van der Waals surface area contributed by atoms with Gasteiger partial charge in [0.2, 0.25) is 0 Å². The number of nitrogens with one attached hydrogen (secondary N) is 1. The largest absolute Gasteiger partial charge is 0.383 e. The van der Waals surface area contributed by atoms with E-state index in [9.17, 15) is 0 Å². The van der Waals surface area contributed by atoms with Gasteiger partial charge < -0.3 is 10.1 Å². The first-order valence-electron chi connectivity index (χ1n) is 4.81. The number of aromatic nitrogens is 1. The van der Waals surface area contributed by atoms with Crippen molar-refractivity contribution in [1.82, 2.24) is 4.98 Å².